The number of halogens is 1. The molecule has 1 heterocycles. The molecule has 8 heteroatoms. The van der Waals surface area contributed by atoms with Crippen LogP contribution in [0.3, 0.4) is 0 Å². The zero-order chi connectivity index (χ0) is 21.5. The molecule has 0 spiro atoms. The van der Waals surface area contributed by atoms with Gasteiger partial charge >= 0.3 is 0 Å². The van der Waals surface area contributed by atoms with Gasteiger partial charge in [-0.1, -0.05) is 17.7 Å². The van der Waals surface area contributed by atoms with Gasteiger partial charge in [0.25, 0.3) is 0 Å². The second-order valence-electron chi connectivity index (χ2n) is 6.49. The van der Waals surface area contributed by atoms with E-state index in [1.165, 1.54) is 13.2 Å². The molecule has 1 N–H and O–H groups in total. The zero-order valence-corrected chi connectivity index (χ0v) is 17.1. The number of hydrogen-bond acceptors (Lipinski definition) is 5. The van der Waals surface area contributed by atoms with Gasteiger partial charge < -0.3 is 19.7 Å². The van der Waals surface area contributed by atoms with Crippen LogP contribution in [0.25, 0.3) is 6.08 Å². The third-order valence-electron chi connectivity index (χ3n) is 4.49. The molecule has 3 rings (SSSR count). The summed E-state index contributed by atoms with van der Waals surface area (Å²) in [5.41, 5.74) is 1.91. The van der Waals surface area contributed by atoms with Crippen molar-refractivity contribution < 1.29 is 19.1 Å². The number of amides is 2. The smallest absolute Gasteiger partial charge is 0.248 e. The Morgan fingerprint density at radius 3 is 2.80 bits per heavy atom. The molecule has 2 amide bonds. The number of anilines is 2. The lowest BCUT2D eigenvalue weighted by Crippen LogP contribution is -2.24. The maximum Gasteiger partial charge on any atom is 0.248 e. The van der Waals surface area contributed by atoms with Crippen LogP contribution in [0.5, 0.6) is 11.5 Å². The minimum absolute atomic E-state index is 0.0519. The number of methoxy groups -OCH3 is 1. The van der Waals surface area contributed by atoms with E-state index in [0.29, 0.717) is 40.9 Å². The van der Waals surface area contributed by atoms with E-state index < -0.39 is 0 Å². The van der Waals surface area contributed by atoms with Crippen LogP contribution in [0.15, 0.2) is 42.5 Å². The van der Waals surface area contributed by atoms with Gasteiger partial charge in [0.15, 0.2) is 18.1 Å². The van der Waals surface area contributed by atoms with Crippen molar-refractivity contribution in [3.8, 4) is 17.6 Å². The third kappa shape index (κ3) is 5.10. The number of hydrogen-bond donors (Lipinski definition) is 1. The summed E-state index contributed by atoms with van der Waals surface area (Å²) in [6.07, 6.45) is 4.35. The lowest BCUT2D eigenvalue weighted by molar-refractivity contribution is -0.117. The van der Waals surface area contributed by atoms with Gasteiger partial charge in [0.05, 0.1) is 17.8 Å². The average molecular weight is 426 g/mol. The topological polar surface area (TPSA) is 91.7 Å². The van der Waals surface area contributed by atoms with Gasteiger partial charge in [-0.3, -0.25) is 9.59 Å². The SMILES string of the molecule is COc1cc(/C=C/C(=O)Nc2ccc(N3CCCC3=O)c(Cl)c2)ccc1OCC#N. The van der Waals surface area contributed by atoms with Crippen LogP contribution in [0.2, 0.25) is 5.02 Å². The first kappa shape index (κ1) is 21.2. The minimum atomic E-state index is -0.333. The zero-order valence-electron chi connectivity index (χ0n) is 16.4. The van der Waals surface area contributed by atoms with Crippen LogP contribution in [0, 0.1) is 11.3 Å². The first-order chi connectivity index (χ1) is 14.5. The highest BCUT2D eigenvalue weighted by atomic mass is 35.5. The third-order valence-corrected chi connectivity index (χ3v) is 4.79. The molecule has 1 fully saturated rings. The summed E-state index contributed by atoms with van der Waals surface area (Å²) >= 11 is 6.31. The Balaban J connectivity index is 1.65. The molecule has 154 valence electrons. The number of rotatable bonds is 7. The molecule has 0 unspecified atom stereocenters. The maximum absolute atomic E-state index is 12.3. The number of nitriles is 1. The lowest BCUT2D eigenvalue weighted by Gasteiger charge is -2.17. The molecule has 0 saturated carbocycles. The summed E-state index contributed by atoms with van der Waals surface area (Å²) in [7, 11) is 1.50. The van der Waals surface area contributed by atoms with Crippen LogP contribution >= 0.6 is 11.6 Å². The summed E-state index contributed by atoms with van der Waals surface area (Å²) in [4.78, 5) is 25.8. The normalized spacial score (nSPS) is 13.4. The Kier molecular flexibility index (Phi) is 6.94. The monoisotopic (exact) mass is 425 g/mol. The number of carbonyl (C=O) groups excluding carboxylic acids is 2. The maximum atomic E-state index is 12.3. The quantitative estimate of drug-likeness (QED) is 0.676. The van der Waals surface area contributed by atoms with E-state index in [1.807, 2.05) is 6.07 Å². The van der Waals surface area contributed by atoms with E-state index >= 15 is 0 Å². The Hall–Kier alpha value is -3.50. The summed E-state index contributed by atoms with van der Waals surface area (Å²) in [5.74, 6) is 0.634. The summed E-state index contributed by atoms with van der Waals surface area (Å²) in [6.45, 7) is 0.567. The van der Waals surface area contributed by atoms with Crippen LogP contribution in [0.4, 0.5) is 11.4 Å². The molecule has 2 aromatic rings. The van der Waals surface area contributed by atoms with Gasteiger partial charge in [-0.25, -0.2) is 0 Å². The first-order valence-corrected chi connectivity index (χ1v) is 9.66. The average Bonchev–Trinajstić information content (AvgIpc) is 3.16. The lowest BCUT2D eigenvalue weighted by atomic mass is 10.2. The molecule has 1 aliphatic rings. The molecule has 30 heavy (non-hydrogen) atoms. The van der Waals surface area contributed by atoms with Crippen molar-refractivity contribution in [3.63, 3.8) is 0 Å². The molecule has 0 bridgehead atoms. The predicted molar refractivity (Wildman–Crippen MR) is 115 cm³/mol. The molecular formula is C22H20ClN3O4. The molecule has 1 saturated heterocycles. The van der Waals surface area contributed by atoms with Crippen LogP contribution in [-0.2, 0) is 9.59 Å². The number of nitrogens with one attached hydrogen (secondary N) is 1. The molecular weight excluding hydrogens is 406 g/mol. The molecule has 0 aliphatic carbocycles. The number of ether oxygens (including phenoxy) is 2. The van der Waals surface area contributed by atoms with Gasteiger partial charge in [0, 0.05) is 24.7 Å². The Morgan fingerprint density at radius 2 is 2.13 bits per heavy atom. The van der Waals surface area contributed by atoms with Crippen LogP contribution in [0.1, 0.15) is 18.4 Å². The Morgan fingerprint density at radius 1 is 1.30 bits per heavy atom. The van der Waals surface area contributed by atoms with E-state index in [0.717, 1.165) is 12.0 Å². The predicted octanol–water partition coefficient (Wildman–Crippen LogP) is 4.03. The summed E-state index contributed by atoms with van der Waals surface area (Å²) in [5, 5.41) is 11.8. The van der Waals surface area contributed by atoms with Crippen LogP contribution in [-0.4, -0.2) is 32.1 Å². The van der Waals surface area contributed by atoms with E-state index in [9.17, 15) is 9.59 Å². The molecule has 0 atom stereocenters. The minimum Gasteiger partial charge on any atom is -0.493 e. The fourth-order valence-electron chi connectivity index (χ4n) is 3.08. The van der Waals surface area contributed by atoms with E-state index in [2.05, 4.69) is 5.32 Å². The van der Waals surface area contributed by atoms with Crippen molar-refractivity contribution in [2.45, 2.75) is 12.8 Å². The summed E-state index contributed by atoms with van der Waals surface area (Å²) in [6, 6.07) is 12.1. The first-order valence-electron chi connectivity index (χ1n) is 9.28. The fraction of sp³-hybridized carbons (Fsp3) is 0.227. The highest BCUT2D eigenvalue weighted by Crippen LogP contribution is 2.32. The van der Waals surface area contributed by atoms with Gasteiger partial charge in [0.2, 0.25) is 11.8 Å². The standard InChI is InChI=1S/C22H20ClN3O4/c1-29-20-13-15(4-8-19(20)30-12-10-24)5-9-21(27)25-16-6-7-18(17(23)14-16)26-11-2-3-22(26)28/h4-9,13-14H,2-3,11-12H2,1H3,(H,25,27)/b9-5+. The Bertz CT molecular complexity index is 1030. The van der Waals surface area contributed by atoms with Crippen molar-refractivity contribution in [1.29, 1.82) is 5.26 Å². The van der Waals surface area contributed by atoms with Crippen molar-refractivity contribution in [3.05, 3.63) is 53.1 Å². The van der Waals surface area contributed by atoms with Gasteiger partial charge in [-0.05, 0) is 48.4 Å². The number of benzene rings is 2. The van der Waals surface area contributed by atoms with Crippen molar-refractivity contribution in [1.82, 2.24) is 0 Å². The van der Waals surface area contributed by atoms with E-state index in [1.54, 1.807) is 47.4 Å². The fourth-order valence-corrected chi connectivity index (χ4v) is 3.36. The number of nitrogens with zero attached hydrogens (tertiary/aromatic N) is 2. The van der Waals surface area contributed by atoms with Crippen LogP contribution < -0.4 is 19.7 Å². The molecule has 2 aromatic carbocycles. The second kappa shape index (κ2) is 9.81. The van der Waals surface area contributed by atoms with Crippen molar-refractivity contribution >= 4 is 40.9 Å². The van der Waals surface area contributed by atoms with Crippen molar-refractivity contribution in [2.24, 2.45) is 0 Å². The van der Waals surface area contributed by atoms with Gasteiger partial charge in [-0.2, -0.15) is 5.26 Å². The number of carbonyl (C=O) groups is 2. The molecule has 1 aliphatic heterocycles. The summed E-state index contributed by atoms with van der Waals surface area (Å²) < 4.78 is 10.5. The second-order valence-corrected chi connectivity index (χ2v) is 6.90. The van der Waals surface area contributed by atoms with E-state index in [-0.39, 0.29) is 18.4 Å². The van der Waals surface area contributed by atoms with Crippen molar-refractivity contribution in [2.75, 3.05) is 30.5 Å². The molecule has 7 nitrogen and oxygen atoms in total. The van der Waals surface area contributed by atoms with Gasteiger partial charge in [0.1, 0.15) is 6.07 Å². The Labute approximate surface area is 179 Å². The van der Waals surface area contributed by atoms with E-state index in [4.69, 9.17) is 26.3 Å². The highest BCUT2D eigenvalue weighted by Gasteiger charge is 2.23. The largest absolute Gasteiger partial charge is 0.493 e. The molecule has 0 aromatic heterocycles. The molecule has 0 radical (unpaired) electrons. The highest BCUT2D eigenvalue weighted by molar-refractivity contribution is 6.34. The van der Waals surface area contributed by atoms with Gasteiger partial charge in [-0.15, -0.1) is 0 Å².